The van der Waals surface area contributed by atoms with Gasteiger partial charge < -0.3 is 15.2 Å². The number of methoxy groups -OCH3 is 1. The van der Waals surface area contributed by atoms with E-state index in [2.05, 4.69) is 14.7 Å². The third kappa shape index (κ3) is 3.11. The van der Waals surface area contributed by atoms with Gasteiger partial charge in [-0.25, -0.2) is 9.78 Å². The van der Waals surface area contributed by atoms with Crippen molar-refractivity contribution in [3.8, 4) is 11.6 Å². The van der Waals surface area contributed by atoms with E-state index < -0.39 is 5.97 Å². The van der Waals surface area contributed by atoms with Crippen molar-refractivity contribution in [3.63, 3.8) is 0 Å². The molecule has 1 aromatic heterocycles. The highest BCUT2D eigenvalue weighted by Gasteiger charge is 2.11. The second kappa shape index (κ2) is 5.53. The number of nitrogens with two attached hydrogens (primary N) is 1. The summed E-state index contributed by atoms with van der Waals surface area (Å²) in [5.41, 5.74) is 6.15. The molecule has 0 spiro atoms. The zero-order chi connectivity index (χ0) is 13.8. The summed E-state index contributed by atoms with van der Waals surface area (Å²) in [6, 6.07) is 6.30. The molecule has 98 valence electrons. The van der Waals surface area contributed by atoms with E-state index >= 15 is 0 Å². The summed E-state index contributed by atoms with van der Waals surface area (Å²) in [5, 5.41) is 0.478. The van der Waals surface area contributed by atoms with Crippen LogP contribution in [0.3, 0.4) is 0 Å². The van der Waals surface area contributed by atoms with Gasteiger partial charge in [0.25, 0.3) is 0 Å². The lowest BCUT2D eigenvalue weighted by molar-refractivity contribution is 0.0585. The predicted octanol–water partition coefficient (Wildman–Crippen LogP) is 2.29. The lowest BCUT2D eigenvalue weighted by Gasteiger charge is -2.08. The van der Waals surface area contributed by atoms with Crippen molar-refractivity contribution in [1.29, 1.82) is 0 Å². The summed E-state index contributed by atoms with van der Waals surface area (Å²) < 4.78 is 9.98. The topological polar surface area (TPSA) is 87.3 Å². The molecule has 1 aromatic carbocycles. The van der Waals surface area contributed by atoms with E-state index in [1.807, 2.05) is 0 Å². The average molecular weight is 280 g/mol. The Bertz CT molecular complexity index is 619. The van der Waals surface area contributed by atoms with Crippen LogP contribution in [0.2, 0.25) is 5.02 Å². The number of nitrogen functional groups attached to an aromatic ring is 1. The fourth-order valence-corrected chi connectivity index (χ4v) is 1.46. The predicted molar refractivity (Wildman–Crippen MR) is 69.3 cm³/mol. The summed E-state index contributed by atoms with van der Waals surface area (Å²) in [6.07, 6.45) is 1.38. The zero-order valence-corrected chi connectivity index (χ0v) is 10.7. The molecule has 2 aromatic rings. The molecule has 2 N–H and O–H groups in total. The van der Waals surface area contributed by atoms with Crippen LogP contribution in [0.5, 0.6) is 11.6 Å². The molecule has 0 radical (unpaired) electrons. The number of rotatable bonds is 3. The van der Waals surface area contributed by atoms with Gasteiger partial charge in [-0.15, -0.1) is 0 Å². The fraction of sp³-hybridized carbons (Fsp3) is 0.0833. The summed E-state index contributed by atoms with van der Waals surface area (Å²) >= 11 is 5.84. The molecule has 2 rings (SSSR count). The Balaban J connectivity index is 2.28. The van der Waals surface area contributed by atoms with Gasteiger partial charge in [0.05, 0.1) is 12.8 Å². The minimum absolute atomic E-state index is 0.0967. The Kier molecular flexibility index (Phi) is 3.82. The number of carbonyl (C=O) groups is 1. The minimum Gasteiger partial charge on any atom is -0.463 e. The number of aromatic nitrogens is 2. The Morgan fingerprint density at radius 2 is 2.16 bits per heavy atom. The molecular formula is C12H10ClN3O3. The lowest BCUT2D eigenvalue weighted by atomic mass is 10.3. The maximum Gasteiger partial charge on any atom is 0.376 e. The number of ether oxygens (including phenoxy) is 2. The van der Waals surface area contributed by atoms with Crippen LogP contribution in [-0.4, -0.2) is 23.0 Å². The number of benzene rings is 1. The van der Waals surface area contributed by atoms with Crippen molar-refractivity contribution in [1.82, 2.24) is 9.97 Å². The van der Waals surface area contributed by atoms with Gasteiger partial charge in [0.1, 0.15) is 0 Å². The molecule has 6 nitrogen and oxygen atoms in total. The Labute approximate surface area is 114 Å². The summed E-state index contributed by atoms with van der Waals surface area (Å²) in [6.45, 7) is 0. The van der Waals surface area contributed by atoms with E-state index in [0.717, 1.165) is 0 Å². The lowest BCUT2D eigenvalue weighted by Crippen LogP contribution is -2.07. The first-order valence-electron chi connectivity index (χ1n) is 5.24. The third-order valence-corrected chi connectivity index (χ3v) is 2.42. The van der Waals surface area contributed by atoms with Crippen LogP contribution in [0, 0.1) is 0 Å². The van der Waals surface area contributed by atoms with Crippen LogP contribution >= 0.6 is 11.6 Å². The first kappa shape index (κ1) is 13.1. The van der Waals surface area contributed by atoms with Crippen LogP contribution < -0.4 is 10.5 Å². The standard InChI is InChI=1S/C12H10ClN3O3/c1-18-12(17)11-15-5-4-10(16-11)19-9-6-7(13)2-3-8(9)14/h2-6H,14H2,1H3. The van der Waals surface area contributed by atoms with E-state index in [-0.39, 0.29) is 11.7 Å². The van der Waals surface area contributed by atoms with Gasteiger partial charge in [-0.3, -0.25) is 0 Å². The number of hydrogen-bond donors (Lipinski definition) is 1. The zero-order valence-electron chi connectivity index (χ0n) is 9.96. The highest BCUT2D eigenvalue weighted by Crippen LogP contribution is 2.29. The summed E-state index contributed by atoms with van der Waals surface area (Å²) in [4.78, 5) is 19.0. The number of anilines is 1. The molecule has 0 saturated heterocycles. The van der Waals surface area contributed by atoms with Crippen molar-refractivity contribution in [2.45, 2.75) is 0 Å². The first-order valence-corrected chi connectivity index (χ1v) is 5.62. The smallest absolute Gasteiger partial charge is 0.376 e. The van der Waals surface area contributed by atoms with Gasteiger partial charge in [0, 0.05) is 23.4 Å². The monoisotopic (exact) mass is 279 g/mol. The molecule has 0 aliphatic carbocycles. The molecule has 0 saturated carbocycles. The number of esters is 1. The van der Waals surface area contributed by atoms with E-state index in [9.17, 15) is 4.79 Å². The summed E-state index contributed by atoms with van der Waals surface area (Å²) in [5.74, 6) is -0.225. The molecule has 0 unspecified atom stereocenters. The Morgan fingerprint density at radius 3 is 2.89 bits per heavy atom. The van der Waals surface area contributed by atoms with E-state index in [1.54, 1.807) is 18.2 Å². The van der Waals surface area contributed by atoms with Crippen molar-refractivity contribution < 1.29 is 14.3 Å². The van der Waals surface area contributed by atoms with Crippen LogP contribution in [0.4, 0.5) is 5.69 Å². The molecule has 19 heavy (non-hydrogen) atoms. The van der Waals surface area contributed by atoms with Crippen LogP contribution in [-0.2, 0) is 4.74 Å². The van der Waals surface area contributed by atoms with Gasteiger partial charge in [-0.05, 0) is 12.1 Å². The second-order valence-corrected chi connectivity index (χ2v) is 3.93. The van der Waals surface area contributed by atoms with E-state index in [1.165, 1.54) is 19.4 Å². The number of nitrogens with zero attached hydrogens (tertiary/aromatic N) is 2. The van der Waals surface area contributed by atoms with Gasteiger partial charge >= 0.3 is 5.97 Å². The SMILES string of the molecule is COC(=O)c1nccc(Oc2cc(Cl)ccc2N)n1. The largest absolute Gasteiger partial charge is 0.463 e. The average Bonchev–Trinajstić information content (AvgIpc) is 2.42. The van der Waals surface area contributed by atoms with Gasteiger partial charge in [-0.1, -0.05) is 11.6 Å². The van der Waals surface area contributed by atoms with Crippen LogP contribution in [0.1, 0.15) is 10.6 Å². The maximum atomic E-state index is 11.3. The Morgan fingerprint density at radius 1 is 1.37 bits per heavy atom. The van der Waals surface area contributed by atoms with Crippen molar-refractivity contribution in [3.05, 3.63) is 41.3 Å². The molecule has 0 fully saturated rings. The van der Waals surface area contributed by atoms with Gasteiger partial charge in [-0.2, -0.15) is 4.98 Å². The van der Waals surface area contributed by atoms with Crippen molar-refractivity contribution >= 4 is 23.3 Å². The number of hydrogen-bond acceptors (Lipinski definition) is 6. The number of halogens is 1. The molecule has 1 heterocycles. The van der Waals surface area contributed by atoms with E-state index in [4.69, 9.17) is 22.1 Å². The van der Waals surface area contributed by atoms with Crippen LogP contribution in [0.25, 0.3) is 0 Å². The normalized spacial score (nSPS) is 10.0. The summed E-state index contributed by atoms with van der Waals surface area (Å²) in [7, 11) is 1.24. The molecule has 0 aliphatic rings. The third-order valence-electron chi connectivity index (χ3n) is 2.19. The Hall–Kier alpha value is -2.34. The van der Waals surface area contributed by atoms with Crippen molar-refractivity contribution in [2.24, 2.45) is 0 Å². The molecule has 0 aliphatic heterocycles. The molecule has 0 atom stereocenters. The quantitative estimate of drug-likeness (QED) is 0.685. The molecule has 0 amide bonds. The van der Waals surface area contributed by atoms with Gasteiger partial charge in [0.15, 0.2) is 5.75 Å². The maximum absolute atomic E-state index is 11.3. The second-order valence-electron chi connectivity index (χ2n) is 3.49. The minimum atomic E-state index is -0.649. The first-order chi connectivity index (χ1) is 9.10. The van der Waals surface area contributed by atoms with Crippen LogP contribution in [0.15, 0.2) is 30.5 Å². The molecule has 0 bridgehead atoms. The fourth-order valence-electron chi connectivity index (χ4n) is 1.30. The van der Waals surface area contributed by atoms with Gasteiger partial charge in [0.2, 0.25) is 11.7 Å². The molecule has 7 heteroatoms. The molecular weight excluding hydrogens is 270 g/mol. The number of carbonyl (C=O) groups excluding carboxylic acids is 1. The van der Waals surface area contributed by atoms with Crippen molar-refractivity contribution in [2.75, 3.05) is 12.8 Å². The van der Waals surface area contributed by atoms with E-state index in [0.29, 0.717) is 16.5 Å². The highest BCUT2D eigenvalue weighted by atomic mass is 35.5. The highest BCUT2D eigenvalue weighted by molar-refractivity contribution is 6.30.